The Morgan fingerprint density at radius 1 is 1.00 bits per heavy atom. The van der Waals surface area contributed by atoms with Crippen LogP contribution in [0.25, 0.3) is 10.9 Å². The lowest BCUT2D eigenvalue weighted by Crippen LogP contribution is -2.48. The maximum Gasteiger partial charge on any atom is 0.324 e. The van der Waals surface area contributed by atoms with Crippen molar-refractivity contribution in [2.75, 3.05) is 0 Å². The lowest BCUT2D eigenvalue weighted by atomic mass is 9.80. The molecule has 0 bridgehead atoms. The van der Waals surface area contributed by atoms with Crippen molar-refractivity contribution in [2.45, 2.75) is 32.2 Å². The van der Waals surface area contributed by atoms with Gasteiger partial charge in [0.15, 0.2) is 5.92 Å². The maximum absolute atomic E-state index is 13.2. The van der Waals surface area contributed by atoms with Crippen LogP contribution in [0.2, 0.25) is 0 Å². The van der Waals surface area contributed by atoms with Crippen molar-refractivity contribution in [1.82, 2.24) is 4.98 Å². The zero-order valence-electron chi connectivity index (χ0n) is 19.9. The number of rotatable bonds is 6. The topological polar surface area (TPSA) is 77.6 Å². The minimum Gasteiger partial charge on any atom is -0.487 e. The van der Waals surface area contributed by atoms with Gasteiger partial charge in [0.1, 0.15) is 18.2 Å². The van der Waals surface area contributed by atoms with Crippen molar-refractivity contribution in [3.05, 3.63) is 98.3 Å². The molecule has 1 N–H and O–H groups in total. The average molecular weight is 631 g/mol. The Morgan fingerprint density at radius 3 is 2.27 bits per heavy atom. The number of aromatic amines is 1. The molecular weight excluding hydrogens is 609 g/mol. The van der Waals surface area contributed by atoms with E-state index in [1.165, 1.54) is 26.0 Å². The fraction of sp³-hybridized carbons (Fsp3) is 0.214. The zero-order valence-corrected chi connectivity index (χ0v) is 23.1. The number of halogens is 3. The normalized spacial score (nSPS) is 16.4. The Kier molecular flexibility index (Phi) is 6.85. The van der Waals surface area contributed by atoms with E-state index in [2.05, 4.69) is 36.8 Å². The van der Waals surface area contributed by atoms with Crippen LogP contribution < -0.4 is 4.74 Å². The van der Waals surface area contributed by atoms with Crippen LogP contribution in [-0.2, 0) is 25.7 Å². The number of fused-ring (bicyclic) bond motifs is 1. The molecule has 0 unspecified atom stereocenters. The molecule has 6 nitrogen and oxygen atoms in total. The summed E-state index contributed by atoms with van der Waals surface area (Å²) in [5.74, 6) is -4.35. The predicted molar refractivity (Wildman–Crippen MR) is 142 cm³/mol. The molecule has 9 heteroatoms. The average Bonchev–Trinajstić information content (AvgIpc) is 3.25. The van der Waals surface area contributed by atoms with Gasteiger partial charge in [-0.25, -0.2) is 4.39 Å². The van der Waals surface area contributed by atoms with Crippen molar-refractivity contribution in [3.8, 4) is 5.75 Å². The smallest absolute Gasteiger partial charge is 0.324 e. The van der Waals surface area contributed by atoms with Crippen molar-refractivity contribution in [2.24, 2.45) is 5.92 Å². The van der Waals surface area contributed by atoms with Crippen molar-refractivity contribution >= 4 is 54.7 Å². The van der Waals surface area contributed by atoms with Crippen LogP contribution in [0.15, 0.2) is 75.8 Å². The van der Waals surface area contributed by atoms with Gasteiger partial charge in [0.05, 0.1) is 8.95 Å². The van der Waals surface area contributed by atoms with Crippen molar-refractivity contribution in [3.63, 3.8) is 0 Å². The quantitative estimate of drug-likeness (QED) is 0.183. The molecule has 0 radical (unpaired) electrons. The molecule has 0 spiro atoms. The number of hydrogen-bond donors (Lipinski definition) is 1. The molecule has 37 heavy (non-hydrogen) atoms. The first kappa shape index (κ1) is 25.5. The highest BCUT2D eigenvalue weighted by Crippen LogP contribution is 2.44. The summed E-state index contributed by atoms with van der Waals surface area (Å²) in [6.45, 7) is 3.28. The molecular formula is C28H22Br2FNO5. The Bertz CT molecular complexity index is 1460. The Hall–Kier alpha value is -3.17. The minimum atomic E-state index is -1.34. The first-order chi connectivity index (χ1) is 17.6. The van der Waals surface area contributed by atoms with Crippen LogP contribution in [0.1, 0.15) is 36.5 Å². The van der Waals surface area contributed by atoms with Crippen LogP contribution in [0.5, 0.6) is 5.75 Å². The van der Waals surface area contributed by atoms with Crippen LogP contribution >= 0.6 is 31.9 Å². The number of nitrogens with one attached hydrogen (secondary N) is 1. The van der Waals surface area contributed by atoms with Crippen molar-refractivity contribution < 1.29 is 28.2 Å². The van der Waals surface area contributed by atoms with E-state index in [4.69, 9.17) is 14.2 Å². The SMILES string of the molecule is CC1(C)OC(=O)C([C@H](c2cc(Br)c(OCc3ccc(F)cc3)c(Br)c2)c2c[nH]c3ccccc23)C(=O)O1. The molecule has 5 rings (SSSR count). The predicted octanol–water partition coefficient (Wildman–Crippen LogP) is 7.00. The van der Waals surface area contributed by atoms with Crippen LogP contribution in [0.3, 0.4) is 0 Å². The molecule has 1 aliphatic heterocycles. The lowest BCUT2D eigenvalue weighted by Gasteiger charge is -2.36. The molecule has 1 fully saturated rings. The van der Waals surface area contributed by atoms with E-state index in [1.54, 1.807) is 18.3 Å². The summed E-state index contributed by atoms with van der Waals surface area (Å²) in [4.78, 5) is 29.6. The summed E-state index contributed by atoms with van der Waals surface area (Å²) in [5.41, 5.74) is 3.11. The number of benzene rings is 3. The molecule has 0 aliphatic carbocycles. The largest absolute Gasteiger partial charge is 0.487 e. The highest BCUT2D eigenvalue weighted by atomic mass is 79.9. The summed E-state index contributed by atoms with van der Waals surface area (Å²) in [7, 11) is 0. The van der Waals surface area contributed by atoms with Crippen LogP contribution in [0.4, 0.5) is 4.39 Å². The Balaban J connectivity index is 1.56. The molecule has 1 aliphatic rings. The first-order valence-electron chi connectivity index (χ1n) is 11.5. The maximum atomic E-state index is 13.2. The number of H-pyrrole nitrogens is 1. The van der Waals surface area contributed by atoms with Gasteiger partial charge in [0, 0.05) is 36.9 Å². The monoisotopic (exact) mass is 629 g/mol. The number of carbonyl (C=O) groups is 2. The van der Waals surface area contributed by atoms with E-state index in [-0.39, 0.29) is 12.4 Å². The summed E-state index contributed by atoms with van der Waals surface area (Å²) in [6.07, 6.45) is 1.80. The third kappa shape index (κ3) is 5.15. The standard InChI is InChI=1S/C28H22Br2FNO5/c1-28(2)36-26(33)24(27(34)37-28)23(19-13-32-22-6-4-3-5-18(19)22)16-11-20(29)25(21(30)12-16)35-14-15-7-9-17(31)10-8-15/h3-13,23-24,32H,14H2,1-2H3/t23-/m1/s1. The van der Waals surface area contributed by atoms with E-state index in [0.717, 1.165) is 22.0 Å². The molecule has 0 amide bonds. The van der Waals surface area contributed by atoms with Gasteiger partial charge in [-0.1, -0.05) is 30.3 Å². The summed E-state index contributed by atoms with van der Waals surface area (Å²) < 4.78 is 31.4. The third-order valence-corrected chi connectivity index (χ3v) is 7.34. The first-order valence-corrected chi connectivity index (χ1v) is 13.1. The molecule has 1 aromatic heterocycles. The lowest BCUT2D eigenvalue weighted by molar-refractivity contribution is -0.240. The van der Waals surface area contributed by atoms with Crippen molar-refractivity contribution in [1.29, 1.82) is 0 Å². The number of para-hydroxylation sites is 1. The van der Waals surface area contributed by atoms with Gasteiger partial charge in [-0.3, -0.25) is 9.59 Å². The molecule has 1 saturated heterocycles. The van der Waals surface area contributed by atoms with Gasteiger partial charge in [-0.2, -0.15) is 0 Å². The molecule has 190 valence electrons. The van der Waals surface area contributed by atoms with Gasteiger partial charge in [0.2, 0.25) is 0 Å². The second-order valence-electron chi connectivity index (χ2n) is 9.22. The molecule has 1 atom stereocenters. The number of ether oxygens (including phenoxy) is 3. The third-order valence-electron chi connectivity index (χ3n) is 6.17. The van der Waals surface area contributed by atoms with Gasteiger partial charge < -0.3 is 19.2 Å². The van der Waals surface area contributed by atoms with E-state index < -0.39 is 29.6 Å². The zero-order chi connectivity index (χ0) is 26.3. The van der Waals surface area contributed by atoms with Gasteiger partial charge in [0.25, 0.3) is 5.79 Å². The fourth-order valence-corrected chi connectivity index (χ4v) is 5.99. The van der Waals surface area contributed by atoms with Gasteiger partial charge >= 0.3 is 11.9 Å². The summed E-state index contributed by atoms with van der Waals surface area (Å²) in [6, 6.07) is 17.4. The van der Waals surface area contributed by atoms with E-state index in [0.29, 0.717) is 20.3 Å². The Labute approximate surface area is 229 Å². The molecule has 2 heterocycles. The van der Waals surface area contributed by atoms with Crippen LogP contribution in [0, 0.1) is 11.7 Å². The second kappa shape index (κ2) is 9.95. The van der Waals surface area contributed by atoms with E-state index in [9.17, 15) is 14.0 Å². The number of esters is 2. The van der Waals surface area contributed by atoms with Gasteiger partial charge in [-0.05, 0) is 78.9 Å². The van der Waals surface area contributed by atoms with E-state index >= 15 is 0 Å². The molecule has 3 aromatic carbocycles. The van der Waals surface area contributed by atoms with Crippen LogP contribution in [-0.4, -0.2) is 22.7 Å². The highest BCUT2D eigenvalue weighted by molar-refractivity contribution is 9.11. The number of hydrogen-bond acceptors (Lipinski definition) is 5. The Morgan fingerprint density at radius 2 is 1.62 bits per heavy atom. The number of aromatic nitrogens is 1. The van der Waals surface area contributed by atoms with E-state index in [1.807, 2.05) is 36.4 Å². The van der Waals surface area contributed by atoms with Gasteiger partial charge in [-0.15, -0.1) is 0 Å². The number of carbonyl (C=O) groups excluding carboxylic acids is 2. The second-order valence-corrected chi connectivity index (χ2v) is 10.9. The fourth-order valence-electron chi connectivity index (χ4n) is 4.54. The minimum absolute atomic E-state index is 0.221. The number of cyclic esters (lactones) is 2. The summed E-state index contributed by atoms with van der Waals surface area (Å²) in [5, 5.41) is 0.877. The summed E-state index contributed by atoms with van der Waals surface area (Å²) >= 11 is 7.16. The molecule has 4 aromatic rings. The molecule has 0 saturated carbocycles. The highest BCUT2D eigenvalue weighted by Gasteiger charge is 2.48.